The number of aryl methyl sites for hydroxylation is 2. The number of nitrogens with one attached hydrogen (secondary N) is 2. The Morgan fingerprint density at radius 2 is 1.96 bits per heavy atom. The molecule has 1 aromatic rings. The normalized spacial score (nSPS) is 24.3. The van der Waals surface area contributed by atoms with Crippen molar-refractivity contribution >= 4 is 30.7 Å². The van der Waals surface area contributed by atoms with Gasteiger partial charge in [-0.1, -0.05) is 6.92 Å². The van der Waals surface area contributed by atoms with Crippen molar-refractivity contribution in [2.45, 2.75) is 46.6 Å². The monoisotopic (exact) mass is 359 g/mol. The molecule has 1 spiro atoms. The zero-order chi connectivity index (χ0) is 15.1. The highest BCUT2D eigenvalue weighted by Gasteiger charge is 2.67. The maximum Gasteiger partial charge on any atom is 0.226 e. The molecule has 3 rings (SSSR count). The standard InChI is InChI=1S/C17H25N3O.2ClH/c1-12-8-13(2)19-9-14(12)10-20-15(21)16(3)11-17(16)4-6-18-7-5-17;;/h8-9,18H,4-7,10-11H2,1-3H3,(H,20,21);2*1H. The van der Waals surface area contributed by atoms with Gasteiger partial charge in [0.05, 0.1) is 5.41 Å². The summed E-state index contributed by atoms with van der Waals surface area (Å²) in [5, 5.41) is 6.52. The molecule has 1 aliphatic heterocycles. The Morgan fingerprint density at radius 1 is 1.30 bits per heavy atom. The van der Waals surface area contributed by atoms with E-state index in [9.17, 15) is 4.79 Å². The van der Waals surface area contributed by atoms with Crippen molar-refractivity contribution in [3.8, 4) is 0 Å². The minimum absolute atomic E-state index is 0. The molecule has 2 N–H and O–H groups in total. The van der Waals surface area contributed by atoms with Crippen molar-refractivity contribution in [2.24, 2.45) is 10.8 Å². The number of aromatic nitrogens is 1. The number of hydrogen-bond donors (Lipinski definition) is 2. The highest BCUT2D eigenvalue weighted by Crippen LogP contribution is 2.68. The van der Waals surface area contributed by atoms with Gasteiger partial charge in [0.1, 0.15) is 0 Å². The molecule has 0 radical (unpaired) electrons. The molecule has 1 amide bonds. The number of pyridine rings is 1. The SMILES string of the molecule is Cc1cc(C)c(CNC(=O)C2(C)CC23CCNCC3)cn1.Cl.Cl. The van der Waals surface area contributed by atoms with Crippen molar-refractivity contribution in [1.29, 1.82) is 0 Å². The zero-order valence-corrected chi connectivity index (χ0v) is 15.7. The second-order valence-electron chi connectivity index (χ2n) is 6.97. The average molecular weight is 360 g/mol. The van der Waals surface area contributed by atoms with Crippen LogP contribution in [0.4, 0.5) is 0 Å². The molecule has 4 nitrogen and oxygen atoms in total. The zero-order valence-electron chi connectivity index (χ0n) is 14.1. The van der Waals surface area contributed by atoms with E-state index in [0.29, 0.717) is 6.54 Å². The minimum Gasteiger partial charge on any atom is -0.351 e. The summed E-state index contributed by atoms with van der Waals surface area (Å²) in [5.74, 6) is 0.212. The van der Waals surface area contributed by atoms with Crippen LogP contribution < -0.4 is 10.6 Å². The van der Waals surface area contributed by atoms with E-state index in [4.69, 9.17) is 0 Å². The Kier molecular flexibility index (Phi) is 6.47. The molecule has 1 unspecified atom stereocenters. The molecular formula is C17H27Cl2N3O. The number of rotatable bonds is 3. The van der Waals surface area contributed by atoms with Crippen molar-refractivity contribution in [1.82, 2.24) is 15.6 Å². The molecule has 2 fully saturated rings. The lowest BCUT2D eigenvalue weighted by atomic mass is 9.85. The van der Waals surface area contributed by atoms with Crippen LogP contribution in [0.1, 0.15) is 43.0 Å². The number of hydrogen-bond acceptors (Lipinski definition) is 3. The van der Waals surface area contributed by atoms with Gasteiger partial charge in [-0.2, -0.15) is 0 Å². The van der Waals surface area contributed by atoms with Crippen molar-refractivity contribution in [3.63, 3.8) is 0 Å². The third-order valence-corrected chi connectivity index (χ3v) is 5.59. The molecule has 130 valence electrons. The van der Waals surface area contributed by atoms with E-state index in [1.165, 1.54) is 5.56 Å². The third kappa shape index (κ3) is 3.65. The van der Waals surface area contributed by atoms with Crippen LogP contribution in [-0.2, 0) is 11.3 Å². The molecule has 2 aliphatic rings. The van der Waals surface area contributed by atoms with Gasteiger partial charge in [0.15, 0.2) is 0 Å². The van der Waals surface area contributed by atoms with E-state index in [-0.39, 0.29) is 41.6 Å². The highest BCUT2D eigenvalue weighted by molar-refractivity contribution is 5.86. The van der Waals surface area contributed by atoms with E-state index >= 15 is 0 Å². The number of nitrogens with zero attached hydrogens (tertiary/aromatic N) is 1. The molecule has 1 saturated carbocycles. The molecule has 23 heavy (non-hydrogen) atoms. The Labute approximate surface area is 151 Å². The fourth-order valence-electron chi connectivity index (χ4n) is 3.87. The topological polar surface area (TPSA) is 54.0 Å². The summed E-state index contributed by atoms with van der Waals surface area (Å²) in [6.07, 6.45) is 5.17. The first kappa shape index (κ1) is 20.2. The van der Waals surface area contributed by atoms with Crippen LogP contribution in [0.15, 0.2) is 12.3 Å². The van der Waals surface area contributed by atoms with Gasteiger partial charge >= 0.3 is 0 Å². The van der Waals surface area contributed by atoms with Gasteiger partial charge in [-0.15, -0.1) is 24.8 Å². The summed E-state index contributed by atoms with van der Waals surface area (Å²) in [7, 11) is 0. The smallest absolute Gasteiger partial charge is 0.226 e. The fraction of sp³-hybridized carbons (Fsp3) is 0.647. The second-order valence-corrected chi connectivity index (χ2v) is 6.97. The summed E-state index contributed by atoms with van der Waals surface area (Å²) in [4.78, 5) is 16.9. The quantitative estimate of drug-likeness (QED) is 0.872. The Bertz CT molecular complexity index is 573. The van der Waals surface area contributed by atoms with Crippen LogP contribution in [-0.4, -0.2) is 24.0 Å². The maximum atomic E-state index is 12.6. The average Bonchev–Trinajstić information content (AvgIpc) is 3.03. The summed E-state index contributed by atoms with van der Waals surface area (Å²) >= 11 is 0. The van der Waals surface area contributed by atoms with Gasteiger partial charge in [-0.25, -0.2) is 0 Å². The van der Waals surface area contributed by atoms with E-state index in [2.05, 4.69) is 35.5 Å². The van der Waals surface area contributed by atoms with Crippen molar-refractivity contribution in [3.05, 3.63) is 29.1 Å². The van der Waals surface area contributed by atoms with Crippen LogP contribution in [0.25, 0.3) is 0 Å². The number of halogens is 2. The molecule has 2 heterocycles. The highest BCUT2D eigenvalue weighted by atomic mass is 35.5. The first-order chi connectivity index (χ1) is 9.97. The summed E-state index contributed by atoms with van der Waals surface area (Å²) < 4.78 is 0. The van der Waals surface area contributed by atoms with Crippen LogP contribution >= 0.6 is 24.8 Å². The fourth-order valence-corrected chi connectivity index (χ4v) is 3.87. The Hall–Kier alpha value is -0.840. The molecule has 0 bridgehead atoms. The van der Waals surface area contributed by atoms with Gasteiger partial charge in [-0.3, -0.25) is 9.78 Å². The van der Waals surface area contributed by atoms with Crippen molar-refractivity contribution < 1.29 is 4.79 Å². The van der Waals surface area contributed by atoms with Crippen LogP contribution in [0.5, 0.6) is 0 Å². The molecule has 1 aliphatic carbocycles. The lowest BCUT2D eigenvalue weighted by Crippen LogP contribution is -2.38. The van der Waals surface area contributed by atoms with E-state index in [0.717, 1.165) is 43.6 Å². The number of piperidine rings is 1. The van der Waals surface area contributed by atoms with Crippen LogP contribution in [0, 0.1) is 24.7 Å². The molecule has 0 aromatic carbocycles. The third-order valence-electron chi connectivity index (χ3n) is 5.59. The molecular weight excluding hydrogens is 333 g/mol. The molecule has 1 aromatic heterocycles. The first-order valence-electron chi connectivity index (χ1n) is 7.88. The van der Waals surface area contributed by atoms with E-state index < -0.39 is 0 Å². The lowest BCUT2D eigenvalue weighted by molar-refractivity contribution is -0.127. The van der Waals surface area contributed by atoms with Gasteiger partial charge < -0.3 is 10.6 Å². The molecule has 1 atom stereocenters. The predicted molar refractivity (Wildman–Crippen MR) is 97.3 cm³/mol. The molecule has 6 heteroatoms. The maximum absolute atomic E-state index is 12.6. The summed E-state index contributed by atoms with van der Waals surface area (Å²) in [5.41, 5.74) is 3.41. The van der Waals surface area contributed by atoms with Crippen LogP contribution in [0.3, 0.4) is 0 Å². The van der Waals surface area contributed by atoms with Gasteiger partial charge in [-0.05, 0) is 68.8 Å². The van der Waals surface area contributed by atoms with Gasteiger partial charge in [0.25, 0.3) is 0 Å². The number of carbonyl (C=O) groups excluding carboxylic acids is 1. The number of amides is 1. The summed E-state index contributed by atoms with van der Waals surface area (Å²) in [6.45, 7) is 8.87. The van der Waals surface area contributed by atoms with Gasteiger partial charge in [0, 0.05) is 18.4 Å². The van der Waals surface area contributed by atoms with Crippen molar-refractivity contribution in [2.75, 3.05) is 13.1 Å². The predicted octanol–water partition coefficient (Wildman–Crippen LogP) is 2.94. The van der Waals surface area contributed by atoms with E-state index in [1.54, 1.807) is 0 Å². The first-order valence-corrected chi connectivity index (χ1v) is 7.88. The summed E-state index contributed by atoms with van der Waals surface area (Å²) in [6, 6.07) is 2.06. The second kappa shape index (κ2) is 7.37. The minimum atomic E-state index is -0.166. The molecule has 1 saturated heterocycles. The van der Waals surface area contributed by atoms with Crippen LogP contribution in [0.2, 0.25) is 0 Å². The Morgan fingerprint density at radius 3 is 2.57 bits per heavy atom. The van der Waals surface area contributed by atoms with Gasteiger partial charge in [0.2, 0.25) is 5.91 Å². The largest absolute Gasteiger partial charge is 0.351 e. The number of carbonyl (C=O) groups is 1. The lowest BCUT2D eigenvalue weighted by Gasteiger charge is -2.27. The van der Waals surface area contributed by atoms with E-state index in [1.807, 2.05) is 13.1 Å². The Balaban J connectivity index is 0.00000132.